The number of hydrogen-bond donors (Lipinski definition) is 0. The molecule has 0 unspecified atom stereocenters. The highest BCUT2D eigenvalue weighted by atomic mass is 16.6. The van der Waals surface area contributed by atoms with Crippen molar-refractivity contribution in [2.75, 3.05) is 31.1 Å². The lowest BCUT2D eigenvalue weighted by atomic mass is 10.2. The number of nitrogens with zero attached hydrogens (tertiary/aromatic N) is 4. The Morgan fingerprint density at radius 2 is 1.86 bits per heavy atom. The van der Waals surface area contributed by atoms with E-state index in [0.29, 0.717) is 44.0 Å². The van der Waals surface area contributed by atoms with Crippen LogP contribution < -0.4 is 4.90 Å². The minimum absolute atomic E-state index is 0.287. The molecule has 0 aliphatic carbocycles. The molecule has 0 radical (unpaired) electrons. The second kappa shape index (κ2) is 6.07. The summed E-state index contributed by atoms with van der Waals surface area (Å²) in [4.78, 5) is 34.4. The van der Waals surface area contributed by atoms with Gasteiger partial charge in [0, 0.05) is 26.2 Å². The zero-order chi connectivity index (χ0) is 15.5. The van der Waals surface area contributed by atoms with Crippen molar-refractivity contribution in [1.82, 2.24) is 14.9 Å². The average Bonchev–Trinajstić information content (AvgIpc) is 2.46. The van der Waals surface area contributed by atoms with E-state index in [0.717, 1.165) is 0 Å². The smallest absolute Gasteiger partial charge is 0.410 e. The highest BCUT2D eigenvalue weighted by Gasteiger charge is 2.26. The summed E-state index contributed by atoms with van der Waals surface area (Å²) in [7, 11) is 0. The Kier molecular flexibility index (Phi) is 4.40. The van der Waals surface area contributed by atoms with Crippen LogP contribution in [0.2, 0.25) is 0 Å². The molecule has 2 rings (SSSR count). The van der Waals surface area contributed by atoms with Crippen LogP contribution in [0.15, 0.2) is 12.4 Å². The maximum atomic E-state index is 12.0. The number of ether oxygens (including phenoxy) is 1. The molecule has 0 atom stereocenters. The fourth-order valence-electron chi connectivity index (χ4n) is 2.00. The molecule has 7 nitrogen and oxygen atoms in total. The zero-order valence-corrected chi connectivity index (χ0v) is 12.6. The van der Waals surface area contributed by atoms with Gasteiger partial charge in [0.2, 0.25) is 0 Å². The summed E-state index contributed by atoms with van der Waals surface area (Å²) in [5.41, 5.74) is -0.171. The molecule has 7 heteroatoms. The van der Waals surface area contributed by atoms with Gasteiger partial charge in [0.05, 0.1) is 12.4 Å². The van der Waals surface area contributed by atoms with Gasteiger partial charge in [0.25, 0.3) is 0 Å². The van der Waals surface area contributed by atoms with Crippen molar-refractivity contribution < 1.29 is 14.3 Å². The van der Waals surface area contributed by atoms with E-state index >= 15 is 0 Å². The van der Waals surface area contributed by atoms with E-state index in [4.69, 9.17) is 4.74 Å². The Hall–Kier alpha value is -2.18. The molecule has 114 valence electrons. The van der Waals surface area contributed by atoms with E-state index in [1.807, 2.05) is 25.7 Å². The van der Waals surface area contributed by atoms with Crippen LogP contribution >= 0.6 is 0 Å². The Labute approximate surface area is 123 Å². The van der Waals surface area contributed by atoms with Crippen molar-refractivity contribution in [3.63, 3.8) is 0 Å². The topological polar surface area (TPSA) is 75.6 Å². The van der Waals surface area contributed by atoms with Crippen LogP contribution in [0.1, 0.15) is 31.3 Å². The average molecular weight is 292 g/mol. The van der Waals surface area contributed by atoms with Gasteiger partial charge in [-0.15, -0.1) is 0 Å². The van der Waals surface area contributed by atoms with E-state index in [1.165, 1.54) is 6.20 Å². The summed E-state index contributed by atoms with van der Waals surface area (Å²) in [6.45, 7) is 8.03. The second-order valence-corrected chi connectivity index (χ2v) is 5.87. The molecule has 1 aliphatic heterocycles. The standard InChI is InChI=1S/C14H20N4O3/c1-14(2,3)21-13(20)18-6-4-17(5-7-18)12-9-15-11(10-19)8-16-12/h8-10H,4-7H2,1-3H3. The summed E-state index contributed by atoms with van der Waals surface area (Å²) in [5.74, 6) is 0.712. The number of aldehydes is 1. The normalized spacial score (nSPS) is 15.8. The van der Waals surface area contributed by atoms with Crippen LogP contribution in [0, 0.1) is 0 Å². The number of carbonyl (C=O) groups excluding carboxylic acids is 2. The van der Waals surface area contributed by atoms with Gasteiger partial charge in [-0.1, -0.05) is 0 Å². The van der Waals surface area contributed by atoms with Crippen LogP contribution in [0.25, 0.3) is 0 Å². The minimum Gasteiger partial charge on any atom is -0.444 e. The molecule has 0 bridgehead atoms. The minimum atomic E-state index is -0.482. The first-order valence-corrected chi connectivity index (χ1v) is 6.89. The quantitative estimate of drug-likeness (QED) is 0.766. The molecule has 21 heavy (non-hydrogen) atoms. The lowest BCUT2D eigenvalue weighted by molar-refractivity contribution is 0.0240. The first-order valence-electron chi connectivity index (χ1n) is 6.89. The highest BCUT2D eigenvalue weighted by Crippen LogP contribution is 2.15. The molecule has 1 aromatic heterocycles. The lowest BCUT2D eigenvalue weighted by Crippen LogP contribution is -2.50. The summed E-state index contributed by atoms with van der Waals surface area (Å²) in [6.07, 6.45) is 3.40. The van der Waals surface area contributed by atoms with Gasteiger partial charge < -0.3 is 14.5 Å². The van der Waals surface area contributed by atoms with Crippen molar-refractivity contribution in [2.45, 2.75) is 26.4 Å². The monoisotopic (exact) mass is 292 g/mol. The van der Waals surface area contributed by atoms with Gasteiger partial charge in [-0.3, -0.25) is 4.79 Å². The number of hydrogen-bond acceptors (Lipinski definition) is 6. The van der Waals surface area contributed by atoms with E-state index in [2.05, 4.69) is 9.97 Å². The summed E-state index contributed by atoms with van der Waals surface area (Å²) in [5, 5.41) is 0. The molecular formula is C14H20N4O3. The number of piperazine rings is 1. The number of rotatable bonds is 2. The van der Waals surface area contributed by atoms with E-state index in [1.54, 1.807) is 11.1 Å². The number of aromatic nitrogens is 2. The fourth-order valence-corrected chi connectivity index (χ4v) is 2.00. The molecule has 2 heterocycles. The van der Waals surface area contributed by atoms with Crippen molar-refractivity contribution >= 4 is 18.2 Å². The van der Waals surface area contributed by atoms with Crippen LogP contribution in [0.5, 0.6) is 0 Å². The van der Waals surface area contributed by atoms with E-state index < -0.39 is 5.60 Å². The van der Waals surface area contributed by atoms with Gasteiger partial charge in [-0.25, -0.2) is 14.8 Å². The van der Waals surface area contributed by atoms with Crippen LogP contribution in [-0.2, 0) is 4.74 Å². The van der Waals surface area contributed by atoms with Crippen LogP contribution in [0.4, 0.5) is 10.6 Å². The molecule has 1 aromatic rings. The predicted octanol–water partition coefficient (Wildman–Crippen LogP) is 1.35. The van der Waals surface area contributed by atoms with Crippen molar-refractivity contribution in [1.29, 1.82) is 0 Å². The van der Waals surface area contributed by atoms with Gasteiger partial charge in [-0.2, -0.15) is 0 Å². The Morgan fingerprint density at radius 1 is 1.19 bits per heavy atom. The molecule has 1 amide bonds. The fraction of sp³-hybridized carbons (Fsp3) is 0.571. The lowest BCUT2D eigenvalue weighted by Gasteiger charge is -2.36. The van der Waals surface area contributed by atoms with Crippen LogP contribution in [-0.4, -0.2) is 59.0 Å². The molecular weight excluding hydrogens is 272 g/mol. The molecule has 0 aromatic carbocycles. The van der Waals surface area contributed by atoms with Crippen LogP contribution in [0.3, 0.4) is 0 Å². The van der Waals surface area contributed by atoms with Gasteiger partial charge in [-0.05, 0) is 20.8 Å². The Bertz CT molecular complexity index is 502. The number of amides is 1. The number of anilines is 1. The maximum absolute atomic E-state index is 12.0. The summed E-state index contributed by atoms with van der Waals surface area (Å²) in [6, 6.07) is 0. The predicted molar refractivity (Wildman–Crippen MR) is 77.4 cm³/mol. The zero-order valence-electron chi connectivity index (χ0n) is 12.6. The molecule has 0 spiro atoms. The molecule has 1 aliphatic rings. The highest BCUT2D eigenvalue weighted by molar-refractivity contribution is 5.71. The second-order valence-electron chi connectivity index (χ2n) is 5.87. The Morgan fingerprint density at radius 3 is 2.33 bits per heavy atom. The first-order chi connectivity index (χ1) is 9.89. The third kappa shape index (κ3) is 4.14. The molecule has 1 fully saturated rings. The van der Waals surface area contributed by atoms with Crippen molar-refractivity contribution in [3.8, 4) is 0 Å². The first kappa shape index (κ1) is 15.2. The molecule has 1 saturated heterocycles. The number of carbonyl (C=O) groups is 2. The molecule has 0 N–H and O–H groups in total. The SMILES string of the molecule is CC(C)(C)OC(=O)N1CCN(c2cnc(C=O)cn2)CC1. The largest absolute Gasteiger partial charge is 0.444 e. The van der Waals surface area contributed by atoms with Gasteiger partial charge >= 0.3 is 6.09 Å². The third-order valence-electron chi connectivity index (χ3n) is 3.03. The van der Waals surface area contributed by atoms with Crippen molar-refractivity contribution in [2.24, 2.45) is 0 Å². The van der Waals surface area contributed by atoms with Gasteiger partial charge in [0.15, 0.2) is 6.29 Å². The van der Waals surface area contributed by atoms with Crippen molar-refractivity contribution in [3.05, 3.63) is 18.1 Å². The maximum Gasteiger partial charge on any atom is 0.410 e. The van der Waals surface area contributed by atoms with Gasteiger partial charge in [0.1, 0.15) is 17.1 Å². The van der Waals surface area contributed by atoms with E-state index in [-0.39, 0.29) is 6.09 Å². The Balaban J connectivity index is 1.90. The van der Waals surface area contributed by atoms with E-state index in [9.17, 15) is 9.59 Å². The summed E-state index contributed by atoms with van der Waals surface area (Å²) < 4.78 is 5.35. The third-order valence-corrected chi connectivity index (χ3v) is 3.03. The summed E-state index contributed by atoms with van der Waals surface area (Å²) >= 11 is 0. The molecule has 0 saturated carbocycles.